The van der Waals surface area contributed by atoms with Crippen molar-refractivity contribution in [1.29, 1.82) is 0 Å². The van der Waals surface area contributed by atoms with Crippen molar-refractivity contribution >= 4 is 38.4 Å². The summed E-state index contributed by atoms with van der Waals surface area (Å²) < 4.78 is 44.5. The Labute approximate surface area is 160 Å². The van der Waals surface area contributed by atoms with E-state index in [4.69, 9.17) is 11.6 Å². The van der Waals surface area contributed by atoms with Crippen LogP contribution in [0.3, 0.4) is 0 Å². The summed E-state index contributed by atoms with van der Waals surface area (Å²) >= 11 is 8.32. The van der Waals surface area contributed by atoms with Crippen LogP contribution in [0.1, 0.15) is 19.3 Å². The highest BCUT2D eigenvalue weighted by atomic mass is 79.9. The van der Waals surface area contributed by atoms with E-state index >= 15 is 0 Å². The third-order valence-electron chi connectivity index (χ3n) is 4.56. The molecule has 2 atom stereocenters. The molecule has 10 heteroatoms. The van der Waals surface area contributed by atoms with E-state index in [2.05, 4.69) is 35.5 Å². The molecular formula is C16H16BrClF3N3O2. The number of benzene rings is 1. The topological polar surface area (TPSA) is 58.2 Å². The standard InChI is InChI=1S/C9H4BrClF2N2O2.C7H12FN/c1-17-9-14-7-2(8(16)15-9)5(12)4(11)3(10)6(7)13;8-6-4-7-2-1-3-9(7)5-6/h1H3,(H,14,15,16);6-7H,1-5H2. The molecule has 0 bridgehead atoms. The quantitative estimate of drug-likeness (QED) is 0.526. The molecule has 5 nitrogen and oxygen atoms in total. The number of H-pyrrole nitrogens is 1. The SMILES string of the molecule is COc1nc2c(F)c(Br)c(Cl)c(F)c2c(=O)[nH]1.FC1CC2CCCN2C1. The zero-order valence-electron chi connectivity index (χ0n) is 13.8. The molecule has 2 aromatic rings. The van der Waals surface area contributed by atoms with Crippen LogP contribution in [0, 0.1) is 11.6 Å². The summed E-state index contributed by atoms with van der Waals surface area (Å²) in [6.45, 7) is 1.86. The summed E-state index contributed by atoms with van der Waals surface area (Å²) in [5.41, 5.74) is -1.31. The molecule has 26 heavy (non-hydrogen) atoms. The third-order valence-corrected chi connectivity index (χ3v) is 5.88. The molecule has 2 aliphatic rings. The number of fused-ring (bicyclic) bond motifs is 2. The molecule has 2 unspecified atom stereocenters. The van der Waals surface area contributed by atoms with Gasteiger partial charge in [-0.1, -0.05) is 11.6 Å². The zero-order chi connectivity index (χ0) is 19.0. The van der Waals surface area contributed by atoms with Crippen LogP contribution in [0.2, 0.25) is 5.02 Å². The van der Waals surface area contributed by atoms with Crippen molar-refractivity contribution in [1.82, 2.24) is 14.9 Å². The van der Waals surface area contributed by atoms with Gasteiger partial charge in [-0.05, 0) is 41.7 Å². The van der Waals surface area contributed by atoms with Crippen LogP contribution < -0.4 is 10.3 Å². The van der Waals surface area contributed by atoms with Gasteiger partial charge in [-0.2, -0.15) is 4.98 Å². The Morgan fingerprint density at radius 2 is 2.12 bits per heavy atom. The Morgan fingerprint density at radius 3 is 2.77 bits per heavy atom. The van der Waals surface area contributed by atoms with Gasteiger partial charge in [0.2, 0.25) is 0 Å². The molecule has 4 rings (SSSR count). The van der Waals surface area contributed by atoms with Crippen molar-refractivity contribution < 1.29 is 17.9 Å². The number of aromatic nitrogens is 2. The Kier molecular flexibility index (Phi) is 5.78. The van der Waals surface area contributed by atoms with Crippen LogP contribution >= 0.6 is 27.5 Å². The minimum Gasteiger partial charge on any atom is -0.468 e. The second-order valence-electron chi connectivity index (χ2n) is 6.18. The summed E-state index contributed by atoms with van der Waals surface area (Å²) in [5, 5.41) is -1.05. The molecule has 1 aromatic carbocycles. The van der Waals surface area contributed by atoms with Gasteiger partial charge in [0, 0.05) is 12.6 Å². The number of alkyl halides is 1. The van der Waals surface area contributed by atoms with Crippen LogP contribution in [0.5, 0.6) is 6.01 Å². The van der Waals surface area contributed by atoms with Gasteiger partial charge in [-0.3, -0.25) is 14.7 Å². The van der Waals surface area contributed by atoms with Gasteiger partial charge in [0.15, 0.2) is 11.6 Å². The van der Waals surface area contributed by atoms with E-state index in [9.17, 15) is 18.0 Å². The molecule has 142 valence electrons. The Bertz CT molecular complexity index is 883. The van der Waals surface area contributed by atoms with Gasteiger partial charge in [0.1, 0.15) is 17.1 Å². The average Bonchev–Trinajstić information content (AvgIpc) is 3.18. The lowest BCUT2D eigenvalue weighted by Gasteiger charge is -2.11. The maximum atomic E-state index is 13.8. The molecule has 0 amide bonds. The van der Waals surface area contributed by atoms with Crippen molar-refractivity contribution in [2.75, 3.05) is 20.2 Å². The fourth-order valence-electron chi connectivity index (χ4n) is 3.34. The molecule has 1 N–H and O–H groups in total. The van der Waals surface area contributed by atoms with Gasteiger partial charge < -0.3 is 4.74 Å². The van der Waals surface area contributed by atoms with Crippen LogP contribution in [0.4, 0.5) is 13.2 Å². The molecule has 2 fully saturated rings. The lowest BCUT2D eigenvalue weighted by molar-refractivity contribution is 0.292. The lowest BCUT2D eigenvalue weighted by Crippen LogP contribution is -2.22. The van der Waals surface area contributed by atoms with E-state index in [0.717, 1.165) is 13.0 Å². The molecule has 2 aliphatic heterocycles. The summed E-state index contributed by atoms with van der Waals surface area (Å²) in [6, 6.07) is 0.398. The molecule has 0 spiro atoms. The predicted molar refractivity (Wildman–Crippen MR) is 95.6 cm³/mol. The number of rotatable bonds is 1. The number of ether oxygens (including phenoxy) is 1. The van der Waals surface area contributed by atoms with Crippen LogP contribution in [-0.2, 0) is 0 Å². The second kappa shape index (κ2) is 7.74. The monoisotopic (exact) mass is 453 g/mol. The Hall–Kier alpha value is -1.32. The number of aromatic amines is 1. The number of nitrogens with one attached hydrogen (secondary N) is 1. The van der Waals surface area contributed by atoms with Crippen molar-refractivity contribution in [2.24, 2.45) is 0 Å². The van der Waals surface area contributed by atoms with Crippen molar-refractivity contribution in [3.05, 3.63) is 31.5 Å². The number of nitrogens with zero attached hydrogens (tertiary/aromatic N) is 2. The minimum atomic E-state index is -1.04. The van der Waals surface area contributed by atoms with Gasteiger partial charge in [0.05, 0.1) is 16.6 Å². The van der Waals surface area contributed by atoms with Crippen molar-refractivity contribution in [3.8, 4) is 6.01 Å². The first-order valence-corrected chi connectivity index (χ1v) is 9.18. The van der Waals surface area contributed by atoms with Gasteiger partial charge in [-0.25, -0.2) is 13.2 Å². The van der Waals surface area contributed by atoms with Crippen LogP contribution in [0.15, 0.2) is 9.27 Å². The van der Waals surface area contributed by atoms with Gasteiger partial charge in [0.25, 0.3) is 11.6 Å². The smallest absolute Gasteiger partial charge is 0.296 e. The highest BCUT2D eigenvalue weighted by Gasteiger charge is 2.34. The molecular weight excluding hydrogens is 439 g/mol. The first-order chi connectivity index (χ1) is 12.3. The molecule has 2 saturated heterocycles. The van der Waals surface area contributed by atoms with Crippen LogP contribution in [0.25, 0.3) is 10.9 Å². The zero-order valence-corrected chi connectivity index (χ0v) is 16.1. The van der Waals surface area contributed by atoms with E-state index in [0.29, 0.717) is 12.6 Å². The summed E-state index contributed by atoms with van der Waals surface area (Å²) in [6.07, 6.45) is 2.81. The number of halogens is 5. The van der Waals surface area contributed by atoms with Gasteiger partial charge in [-0.15, -0.1) is 0 Å². The molecule has 0 saturated carbocycles. The second-order valence-corrected chi connectivity index (χ2v) is 7.35. The Balaban J connectivity index is 0.000000181. The van der Waals surface area contributed by atoms with Crippen molar-refractivity contribution in [3.63, 3.8) is 0 Å². The third kappa shape index (κ3) is 3.57. The maximum absolute atomic E-state index is 13.8. The fraction of sp³-hybridized carbons (Fsp3) is 0.500. The van der Waals surface area contributed by atoms with Crippen molar-refractivity contribution in [2.45, 2.75) is 31.5 Å². The highest BCUT2D eigenvalue weighted by molar-refractivity contribution is 9.10. The van der Waals surface area contributed by atoms with Gasteiger partial charge >= 0.3 is 0 Å². The van der Waals surface area contributed by atoms with E-state index in [1.54, 1.807) is 0 Å². The molecule has 3 heterocycles. The number of hydrogen-bond acceptors (Lipinski definition) is 4. The summed E-state index contributed by atoms with van der Waals surface area (Å²) in [4.78, 5) is 19.6. The number of hydrogen-bond donors (Lipinski definition) is 1. The molecule has 1 aromatic heterocycles. The lowest BCUT2D eigenvalue weighted by atomic mass is 10.1. The minimum absolute atomic E-state index is 0.213. The average molecular weight is 455 g/mol. The Morgan fingerprint density at radius 1 is 1.38 bits per heavy atom. The van der Waals surface area contributed by atoms with E-state index < -0.39 is 39.3 Å². The predicted octanol–water partition coefficient (Wildman–Crippen LogP) is 3.82. The summed E-state index contributed by atoms with van der Waals surface area (Å²) in [5.74, 6) is -1.96. The van der Waals surface area contributed by atoms with E-state index in [1.807, 2.05) is 0 Å². The first kappa shape index (κ1) is 19.4. The largest absolute Gasteiger partial charge is 0.468 e. The normalized spacial score (nSPS) is 22.2. The summed E-state index contributed by atoms with van der Waals surface area (Å²) in [7, 11) is 1.24. The first-order valence-electron chi connectivity index (χ1n) is 8.01. The van der Waals surface area contributed by atoms with Crippen LogP contribution in [-0.4, -0.2) is 47.3 Å². The maximum Gasteiger partial charge on any atom is 0.296 e. The van der Waals surface area contributed by atoms with E-state index in [-0.39, 0.29) is 10.5 Å². The van der Waals surface area contributed by atoms with E-state index in [1.165, 1.54) is 20.0 Å². The molecule has 0 radical (unpaired) electrons. The fourth-order valence-corrected chi connectivity index (χ4v) is 3.88. The number of methoxy groups -OCH3 is 1. The molecule has 0 aliphatic carbocycles. The highest BCUT2D eigenvalue weighted by Crippen LogP contribution is 2.33.